The van der Waals surface area contributed by atoms with Crippen LogP contribution in [-0.4, -0.2) is 74.7 Å². The molecule has 1 heterocycles. The van der Waals surface area contributed by atoms with Crippen LogP contribution in [0, 0.1) is 5.92 Å². The van der Waals surface area contributed by atoms with Crippen molar-refractivity contribution in [1.82, 2.24) is 20.4 Å². The molecule has 1 rings (SSSR count). The van der Waals surface area contributed by atoms with Gasteiger partial charge < -0.3 is 15.5 Å². The fourth-order valence-electron chi connectivity index (χ4n) is 3.18. The summed E-state index contributed by atoms with van der Waals surface area (Å²) in [7, 11) is 2.20. The summed E-state index contributed by atoms with van der Waals surface area (Å²) in [6.07, 6.45) is 6.64. The number of nitrogens with one attached hydrogen (secondary N) is 2. The molecule has 0 aromatic heterocycles. The molecule has 1 saturated heterocycles. The van der Waals surface area contributed by atoms with Gasteiger partial charge in [-0.25, -0.2) is 0 Å². The molecule has 1 unspecified atom stereocenters. The highest BCUT2D eigenvalue weighted by Gasteiger charge is 2.18. The SMILES string of the molecule is CCNC(=NCC(C)N1CCN(C)CC1)NCCCCCCC(C)C. The monoisotopic (exact) mass is 353 g/mol. The standard InChI is InChI=1S/C20H43N5/c1-6-21-20(22-12-10-8-7-9-11-18(2)3)23-17-19(4)25-15-13-24(5)14-16-25/h18-19H,6-17H2,1-5H3,(H2,21,22,23). The molecule has 1 aliphatic rings. The fraction of sp³-hybridized carbons (Fsp3) is 0.950. The normalized spacial score (nSPS) is 18.6. The predicted octanol–water partition coefficient (Wildman–Crippen LogP) is 2.78. The van der Waals surface area contributed by atoms with Crippen molar-refractivity contribution in [3.05, 3.63) is 0 Å². The summed E-state index contributed by atoms with van der Waals surface area (Å²) in [6.45, 7) is 16.5. The summed E-state index contributed by atoms with van der Waals surface area (Å²) in [6, 6.07) is 0.514. The molecule has 0 spiro atoms. The van der Waals surface area contributed by atoms with Crippen LogP contribution in [0.2, 0.25) is 0 Å². The van der Waals surface area contributed by atoms with E-state index in [9.17, 15) is 0 Å². The third-order valence-electron chi connectivity index (χ3n) is 5.02. The molecule has 1 atom stereocenters. The van der Waals surface area contributed by atoms with Gasteiger partial charge in [0.2, 0.25) is 0 Å². The third kappa shape index (κ3) is 10.7. The Morgan fingerprint density at radius 2 is 1.64 bits per heavy atom. The topological polar surface area (TPSA) is 42.9 Å². The predicted molar refractivity (Wildman–Crippen MR) is 110 cm³/mol. The van der Waals surface area contributed by atoms with Crippen molar-refractivity contribution in [3.8, 4) is 0 Å². The number of aliphatic imine (C=N–C) groups is 1. The molecule has 5 heteroatoms. The van der Waals surface area contributed by atoms with Gasteiger partial charge >= 0.3 is 0 Å². The van der Waals surface area contributed by atoms with E-state index < -0.39 is 0 Å². The van der Waals surface area contributed by atoms with Gasteiger partial charge in [0.1, 0.15) is 0 Å². The van der Waals surface area contributed by atoms with Gasteiger partial charge in [-0.3, -0.25) is 9.89 Å². The average molecular weight is 354 g/mol. The van der Waals surface area contributed by atoms with Gasteiger partial charge in [0.05, 0.1) is 6.54 Å². The van der Waals surface area contributed by atoms with Gasteiger partial charge in [0, 0.05) is 45.3 Å². The van der Waals surface area contributed by atoms with Crippen molar-refractivity contribution in [3.63, 3.8) is 0 Å². The lowest BCUT2D eigenvalue weighted by atomic mass is 10.0. The zero-order chi connectivity index (χ0) is 18.5. The van der Waals surface area contributed by atoms with E-state index in [0.29, 0.717) is 6.04 Å². The molecule has 0 aromatic rings. The van der Waals surface area contributed by atoms with Crippen LogP contribution in [0.4, 0.5) is 0 Å². The Balaban J connectivity index is 2.21. The van der Waals surface area contributed by atoms with E-state index in [0.717, 1.165) is 44.6 Å². The van der Waals surface area contributed by atoms with E-state index >= 15 is 0 Å². The van der Waals surface area contributed by atoms with Gasteiger partial charge in [-0.15, -0.1) is 0 Å². The largest absolute Gasteiger partial charge is 0.357 e. The van der Waals surface area contributed by atoms with Crippen LogP contribution in [-0.2, 0) is 0 Å². The maximum Gasteiger partial charge on any atom is 0.191 e. The highest BCUT2D eigenvalue weighted by atomic mass is 15.3. The quantitative estimate of drug-likeness (QED) is 0.340. The summed E-state index contributed by atoms with van der Waals surface area (Å²) < 4.78 is 0. The van der Waals surface area contributed by atoms with Crippen LogP contribution in [0.3, 0.4) is 0 Å². The molecular weight excluding hydrogens is 310 g/mol. The first kappa shape index (κ1) is 22.2. The van der Waals surface area contributed by atoms with Crippen molar-refractivity contribution in [2.24, 2.45) is 10.9 Å². The van der Waals surface area contributed by atoms with Crippen LogP contribution < -0.4 is 10.6 Å². The average Bonchev–Trinajstić information content (AvgIpc) is 2.58. The van der Waals surface area contributed by atoms with E-state index in [2.05, 4.69) is 55.2 Å². The Bertz CT molecular complexity index is 348. The summed E-state index contributed by atoms with van der Waals surface area (Å²) in [5.41, 5.74) is 0. The van der Waals surface area contributed by atoms with Gasteiger partial charge in [0.15, 0.2) is 5.96 Å². The Hall–Kier alpha value is -0.810. The number of piperazine rings is 1. The molecular formula is C20H43N5. The summed E-state index contributed by atoms with van der Waals surface area (Å²) in [5, 5.41) is 6.87. The first-order valence-corrected chi connectivity index (χ1v) is 10.5. The summed E-state index contributed by atoms with van der Waals surface area (Å²) >= 11 is 0. The molecule has 0 bridgehead atoms. The van der Waals surface area contributed by atoms with Crippen LogP contribution in [0.5, 0.6) is 0 Å². The number of unbranched alkanes of at least 4 members (excludes halogenated alkanes) is 3. The van der Waals surface area contributed by atoms with E-state index in [4.69, 9.17) is 4.99 Å². The molecule has 0 aliphatic carbocycles. The molecule has 25 heavy (non-hydrogen) atoms. The Labute approximate surface area is 156 Å². The van der Waals surface area contributed by atoms with Crippen LogP contribution >= 0.6 is 0 Å². The lowest BCUT2D eigenvalue weighted by Crippen LogP contribution is -2.49. The number of hydrogen-bond donors (Lipinski definition) is 2. The number of nitrogens with zero attached hydrogens (tertiary/aromatic N) is 3. The lowest BCUT2D eigenvalue weighted by molar-refractivity contribution is 0.122. The second-order valence-corrected chi connectivity index (χ2v) is 7.93. The van der Waals surface area contributed by atoms with E-state index in [-0.39, 0.29) is 0 Å². The minimum atomic E-state index is 0.514. The van der Waals surface area contributed by atoms with Crippen LogP contribution in [0.15, 0.2) is 4.99 Å². The van der Waals surface area contributed by atoms with Crippen molar-refractivity contribution in [2.75, 3.05) is 52.9 Å². The molecule has 0 radical (unpaired) electrons. The zero-order valence-corrected chi connectivity index (χ0v) is 17.5. The fourth-order valence-corrected chi connectivity index (χ4v) is 3.18. The van der Waals surface area contributed by atoms with Crippen molar-refractivity contribution < 1.29 is 0 Å². The number of guanidine groups is 1. The van der Waals surface area contributed by atoms with Crippen LogP contribution in [0.25, 0.3) is 0 Å². The highest BCUT2D eigenvalue weighted by molar-refractivity contribution is 5.79. The van der Waals surface area contributed by atoms with Gasteiger partial charge in [-0.1, -0.05) is 39.5 Å². The van der Waals surface area contributed by atoms with E-state index in [1.54, 1.807) is 0 Å². The Morgan fingerprint density at radius 3 is 2.28 bits per heavy atom. The number of hydrogen-bond acceptors (Lipinski definition) is 3. The molecule has 0 aromatic carbocycles. The zero-order valence-electron chi connectivity index (χ0n) is 17.5. The van der Waals surface area contributed by atoms with Gasteiger partial charge in [0.25, 0.3) is 0 Å². The second-order valence-electron chi connectivity index (χ2n) is 7.93. The maximum atomic E-state index is 4.80. The van der Waals surface area contributed by atoms with Crippen LogP contribution in [0.1, 0.15) is 59.8 Å². The molecule has 1 fully saturated rings. The van der Waals surface area contributed by atoms with Crippen molar-refractivity contribution in [2.45, 2.75) is 65.8 Å². The maximum absolute atomic E-state index is 4.80. The Kier molecular flexibility index (Phi) is 11.9. The molecule has 5 nitrogen and oxygen atoms in total. The molecule has 148 valence electrons. The molecule has 1 aliphatic heterocycles. The second kappa shape index (κ2) is 13.4. The summed E-state index contributed by atoms with van der Waals surface area (Å²) in [5.74, 6) is 1.82. The van der Waals surface area contributed by atoms with Gasteiger partial charge in [-0.05, 0) is 33.2 Å². The molecule has 2 N–H and O–H groups in total. The summed E-state index contributed by atoms with van der Waals surface area (Å²) in [4.78, 5) is 9.76. The Morgan fingerprint density at radius 1 is 0.960 bits per heavy atom. The smallest absolute Gasteiger partial charge is 0.191 e. The van der Waals surface area contributed by atoms with Gasteiger partial charge in [-0.2, -0.15) is 0 Å². The lowest BCUT2D eigenvalue weighted by Gasteiger charge is -2.35. The minimum Gasteiger partial charge on any atom is -0.357 e. The van der Waals surface area contributed by atoms with E-state index in [1.165, 1.54) is 45.2 Å². The number of likely N-dealkylation sites (N-methyl/N-ethyl adjacent to an activating group) is 1. The number of rotatable bonds is 11. The first-order valence-electron chi connectivity index (χ1n) is 10.5. The van der Waals surface area contributed by atoms with E-state index in [1.807, 2.05) is 0 Å². The first-order chi connectivity index (χ1) is 12.0. The van der Waals surface area contributed by atoms with Crippen molar-refractivity contribution in [1.29, 1.82) is 0 Å². The minimum absolute atomic E-state index is 0.514. The molecule has 0 saturated carbocycles. The van der Waals surface area contributed by atoms with Crippen molar-refractivity contribution >= 4 is 5.96 Å². The third-order valence-corrected chi connectivity index (χ3v) is 5.02. The molecule has 0 amide bonds. The highest BCUT2D eigenvalue weighted by Crippen LogP contribution is 2.09.